The zero-order valence-corrected chi connectivity index (χ0v) is 20.3. The molecule has 5 rings (SSSR count). The second-order valence-corrected chi connectivity index (χ2v) is 10.1. The fourth-order valence-electron chi connectivity index (χ4n) is 6.31. The first kappa shape index (κ1) is 22.8. The van der Waals surface area contributed by atoms with Crippen LogP contribution in [0.1, 0.15) is 50.2 Å². The molecule has 0 unspecified atom stereocenters. The van der Waals surface area contributed by atoms with Gasteiger partial charge in [0.1, 0.15) is 17.0 Å². The molecule has 1 N–H and O–H groups in total. The number of ether oxygens (including phenoxy) is 2. The highest BCUT2D eigenvalue weighted by atomic mass is 16.5. The van der Waals surface area contributed by atoms with Crippen LogP contribution in [0.25, 0.3) is 0 Å². The minimum atomic E-state index is -0.842. The number of rotatable bonds is 6. The van der Waals surface area contributed by atoms with E-state index in [4.69, 9.17) is 9.47 Å². The fourth-order valence-corrected chi connectivity index (χ4v) is 6.31. The maximum atomic E-state index is 14.1. The van der Waals surface area contributed by atoms with Crippen LogP contribution < -0.4 is 14.8 Å². The Kier molecular flexibility index (Phi) is 6.00. The number of hydrogen-bond acceptors (Lipinski definition) is 4. The van der Waals surface area contributed by atoms with E-state index in [0.717, 1.165) is 32.1 Å². The Morgan fingerprint density at radius 2 is 1.68 bits per heavy atom. The third-order valence-corrected chi connectivity index (χ3v) is 8.07. The van der Waals surface area contributed by atoms with Gasteiger partial charge in [0, 0.05) is 19.0 Å². The van der Waals surface area contributed by atoms with E-state index in [0.29, 0.717) is 41.9 Å². The standard InChI is InChI=1S/C28H34N2O4/c1-18(31)30(23-8-9-23)28(27(32)29-25-11-10-24(33-2)16-26(25)34-3)13-12-21-14-19-6-4-5-7-20(19)15-22(21)17-28/h4-7,10-11,16,21-23H,8-9,12-15,17H2,1-3H3,(H,29,32)/t21-,22+,28+/m1/s1. The van der Waals surface area contributed by atoms with Crippen molar-refractivity contribution in [2.75, 3.05) is 19.5 Å². The first-order valence-corrected chi connectivity index (χ1v) is 12.4. The fraction of sp³-hybridized carbons (Fsp3) is 0.500. The number of carbonyl (C=O) groups is 2. The average molecular weight is 463 g/mol. The van der Waals surface area contributed by atoms with Gasteiger partial charge in [0.2, 0.25) is 11.8 Å². The summed E-state index contributed by atoms with van der Waals surface area (Å²) in [4.78, 5) is 29.0. The number of benzene rings is 2. The van der Waals surface area contributed by atoms with Crippen LogP contribution >= 0.6 is 0 Å². The maximum absolute atomic E-state index is 14.1. The quantitative estimate of drug-likeness (QED) is 0.681. The molecule has 0 aromatic heterocycles. The van der Waals surface area contributed by atoms with Crippen LogP contribution in [0.15, 0.2) is 42.5 Å². The molecular formula is C28H34N2O4. The van der Waals surface area contributed by atoms with Crippen molar-refractivity contribution in [3.05, 3.63) is 53.6 Å². The van der Waals surface area contributed by atoms with Crippen LogP contribution in [0.2, 0.25) is 0 Å². The summed E-state index contributed by atoms with van der Waals surface area (Å²) in [5, 5.41) is 3.14. The molecule has 2 aromatic rings. The number of fused-ring (bicyclic) bond motifs is 2. The molecule has 6 nitrogen and oxygen atoms in total. The van der Waals surface area contributed by atoms with Crippen LogP contribution in [-0.2, 0) is 22.4 Å². The molecule has 0 heterocycles. The lowest BCUT2D eigenvalue weighted by Crippen LogP contribution is -2.62. The van der Waals surface area contributed by atoms with E-state index in [-0.39, 0.29) is 17.9 Å². The van der Waals surface area contributed by atoms with Crippen LogP contribution in [-0.4, -0.2) is 42.5 Å². The molecule has 34 heavy (non-hydrogen) atoms. The minimum absolute atomic E-state index is 0.00555. The molecular weight excluding hydrogens is 428 g/mol. The Bertz CT molecular complexity index is 1100. The molecule has 2 amide bonds. The van der Waals surface area contributed by atoms with Gasteiger partial charge in [0.05, 0.1) is 19.9 Å². The number of amides is 2. The second kappa shape index (κ2) is 8.97. The summed E-state index contributed by atoms with van der Waals surface area (Å²) >= 11 is 0. The molecule has 0 saturated heterocycles. The average Bonchev–Trinajstić information content (AvgIpc) is 3.67. The molecule has 6 heteroatoms. The largest absolute Gasteiger partial charge is 0.497 e. The van der Waals surface area contributed by atoms with Crippen LogP contribution in [0.5, 0.6) is 11.5 Å². The Morgan fingerprint density at radius 3 is 2.29 bits per heavy atom. The molecule has 3 aliphatic carbocycles. The molecule has 180 valence electrons. The van der Waals surface area contributed by atoms with Crippen molar-refractivity contribution in [3.63, 3.8) is 0 Å². The molecule has 0 spiro atoms. The van der Waals surface area contributed by atoms with Gasteiger partial charge in [0.25, 0.3) is 0 Å². The Balaban J connectivity index is 1.48. The molecule has 2 saturated carbocycles. The van der Waals surface area contributed by atoms with E-state index in [9.17, 15) is 9.59 Å². The smallest absolute Gasteiger partial charge is 0.250 e. The van der Waals surface area contributed by atoms with Crippen LogP contribution in [0.4, 0.5) is 5.69 Å². The summed E-state index contributed by atoms with van der Waals surface area (Å²) in [5.74, 6) is 2.04. The van der Waals surface area contributed by atoms with Crippen molar-refractivity contribution in [1.82, 2.24) is 4.90 Å². The van der Waals surface area contributed by atoms with E-state index < -0.39 is 5.54 Å². The Morgan fingerprint density at radius 1 is 0.971 bits per heavy atom. The number of nitrogens with zero attached hydrogens (tertiary/aromatic N) is 1. The topological polar surface area (TPSA) is 67.9 Å². The van der Waals surface area contributed by atoms with Crippen LogP contribution in [0.3, 0.4) is 0 Å². The maximum Gasteiger partial charge on any atom is 0.250 e. The molecule has 2 fully saturated rings. The lowest BCUT2D eigenvalue weighted by molar-refractivity contribution is -0.149. The monoisotopic (exact) mass is 462 g/mol. The highest BCUT2D eigenvalue weighted by Crippen LogP contribution is 2.49. The van der Waals surface area contributed by atoms with Gasteiger partial charge < -0.3 is 19.7 Å². The van der Waals surface area contributed by atoms with Crippen molar-refractivity contribution >= 4 is 17.5 Å². The molecule has 2 aromatic carbocycles. The normalized spacial score (nSPS) is 25.5. The zero-order valence-electron chi connectivity index (χ0n) is 20.3. The third kappa shape index (κ3) is 4.04. The number of carbonyl (C=O) groups excluding carboxylic acids is 2. The highest BCUT2D eigenvalue weighted by Gasteiger charge is 2.55. The lowest BCUT2D eigenvalue weighted by atomic mass is 9.62. The second-order valence-electron chi connectivity index (χ2n) is 10.1. The van der Waals surface area contributed by atoms with E-state index in [1.54, 1.807) is 33.3 Å². The lowest BCUT2D eigenvalue weighted by Gasteiger charge is -2.51. The van der Waals surface area contributed by atoms with E-state index in [2.05, 4.69) is 29.6 Å². The third-order valence-electron chi connectivity index (χ3n) is 8.07. The van der Waals surface area contributed by atoms with Gasteiger partial charge in [-0.25, -0.2) is 0 Å². The Hall–Kier alpha value is -3.02. The summed E-state index contributed by atoms with van der Waals surface area (Å²) in [5.41, 5.74) is 2.58. The molecule has 3 aliphatic rings. The van der Waals surface area contributed by atoms with E-state index in [1.807, 2.05) is 11.0 Å². The first-order chi connectivity index (χ1) is 16.4. The molecule has 3 atom stereocenters. The van der Waals surface area contributed by atoms with Gasteiger partial charge in [-0.15, -0.1) is 0 Å². The van der Waals surface area contributed by atoms with Gasteiger partial charge >= 0.3 is 0 Å². The molecule has 0 bridgehead atoms. The van der Waals surface area contributed by atoms with Crippen molar-refractivity contribution in [3.8, 4) is 11.5 Å². The van der Waals surface area contributed by atoms with Crippen molar-refractivity contribution in [1.29, 1.82) is 0 Å². The summed E-state index contributed by atoms with van der Waals surface area (Å²) in [6.45, 7) is 1.61. The molecule has 0 radical (unpaired) electrons. The number of methoxy groups -OCH3 is 2. The first-order valence-electron chi connectivity index (χ1n) is 12.4. The predicted octanol–water partition coefficient (Wildman–Crippen LogP) is 4.61. The Labute approximate surface area is 201 Å². The van der Waals surface area contributed by atoms with Gasteiger partial charge in [-0.05, 0) is 80.0 Å². The van der Waals surface area contributed by atoms with Crippen molar-refractivity contribution in [2.24, 2.45) is 11.8 Å². The number of hydrogen-bond donors (Lipinski definition) is 1. The zero-order chi connectivity index (χ0) is 23.9. The van der Waals surface area contributed by atoms with Gasteiger partial charge in [0.15, 0.2) is 0 Å². The van der Waals surface area contributed by atoms with Crippen molar-refractivity contribution < 1.29 is 19.1 Å². The number of anilines is 1. The van der Waals surface area contributed by atoms with Crippen molar-refractivity contribution in [2.45, 2.75) is 63.5 Å². The summed E-state index contributed by atoms with van der Waals surface area (Å²) in [6.07, 6.45) is 6.31. The molecule has 0 aliphatic heterocycles. The van der Waals surface area contributed by atoms with Crippen LogP contribution in [0, 0.1) is 11.8 Å². The van der Waals surface area contributed by atoms with Gasteiger partial charge in [-0.2, -0.15) is 0 Å². The summed E-state index contributed by atoms with van der Waals surface area (Å²) in [7, 11) is 3.18. The van der Waals surface area contributed by atoms with E-state index >= 15 is 0 Å². The van der Waals surface area contributed by atoms with Gasteiger partial charge in [-0.3, -0.25) is 9.59 Å². The summed E-state index contributed by atoms with van der Waals surface area (Å²) < 4.78 is 10.8. The summed E-state index contributed by atoms with van der Waals surface area (Å²) in [6, 6.07) is 14.2. The van der Waals surface area contributed by atoms with Gasteiger partial charge in [-0.1, -0.05) is 24.3 Å². The highest BCUT2D eigenvalue weighted by molar-refractivity contribution is 6.01. The van der Waals surface area contributed by atoms with E-state index in [1.165, 1.54) is 11.1 Å². The minimum Gasteiger partial charge on any atom is -0.497 e. The predicted molar refractivity (Wildman–Crippen MR) is 131 cm³/mol. The SMILES string of the molecule is COc1ccc(NC(=O)[C@]2(N(C(C)=O)C3CC3)CC[C@@H]3Cc4ccccc4C[C@H]3C2)c(OC)c1. The number of nitrogens with one attached hydrogen (secondary N) is 1.